The molecule has 128 valence electrons. The van der Waals surface area contributed by atoms with Gasteiger partial charge in [0, 0.05) is 24.3 Å². The van der Waals surface area contributed by atoms with Gasteiger partial charge < -0.3 is 26.4 Å². The SMILES string of the molecule is N=C(N)c1ccc(N2CC[C@H](NC(=O)NCCC(=O)O)C2=O)cc1. The summed E-state index contributed by atoms with van der Waals surface area (Å²) in [6.07, 6.45) is 0.278. The number of carbonyl (C=O) groups excluding carboxylic acids is 2. The molecule has 1 aromatic rings. The highest BCUT2D eigenvalue weighted by Crippen LogP contribution is 2.22. The van der Waals surface area contributed by atoms with Crippen LogP contribution in [-0.4, -0.2) is 48.0 Å². The third kappa shape index (κ3) is 4.22. The van der Waals surface area contributed by atoms with Crippen LogP contribution >= 0.6 is 0 Å². The summed E-state index contributed by atoms with van der Waals surface area (Å²) >= 11 is 0. The maximum absolute atomic E-state index is 12.4. The minimum Gasteiger partial charge on any atom is -0.481 e. The second kappa shape index (κ2) is 7.44. The highest BCUT2D eigenvalue weighted by Gasteiger charge is 2.33. The zero-order valence-corrected chi connectivity index (χ0v) is 12.9. The number of carboxylic acids is 1. The fourth-order valence-electron chi connectivity index (χ4n) is 2.38. The Labute approximate surface area is 138 Å². The Balaban J connectivity index is 1.91. The van der Waals surface area contributed by atoms with Gasteiger partial charge in [-0.25, -0.2) is 4.79 Å². The molecule has 1 aliphatic heterocycles. The molecule has 0 saturated carbocycles. The molecule has 24 heavy (non-hydrogen) atoms. The number of hydrogen-bond acceptors (Lipinski definition) is 4. The number of amidine groups is 1. The number of hydrogen-bond donors (Lipinski definition) is 5. The highest BCUT2D eigenvalue weighted by atomic mass is 16.4. The summed E-state index contributed by atoms with van der Waals surface area (Å²) in [4.78, 5) is 36.0. The predicted octanol–water partition coefficient (Wildman–Crippen LogP) is -0.150. The molecule has 9 nitrogen and oxygen atoms in total. The van der Waals surface area contributed by atoms with E-state index < -0.39 is 18.0 Å². The summed E-state index contributed by atoms with van der Waals surface area (Å²) in [6.45, 7) is 0.455. The number of rotatable bonds is 6. The molecule has 1 fully saturated rings. The molecule has 1 heterocycles. The van der Waals surface area contributed by atoms with Gasteiger partial charge >= 0.3 is 12.0 Å². The number of carboxylic acid groups (broad SMARTS) is 1. The van der Waals surface area contributed by atoms with Gasteiger partial charge in [0.1, 0.15) is 11.9 Å². The van der Waals surface area contributed by atoms with Crippen LogP contribution in [0.15, 0.2) is 24.3 Å². The van der Waals surface area contributed by atoms with Crippen LogP contribution < -0.4 is 21.3 Å². The van der Waals surface area contributed by atoms with Gasteiger partial charge in [0.2, 0.25) is 5.91 Å². The number of urea groups is 1. The number of carbonyl (C=O) groups is 3. The molecular weight excluding hydrogens is 314 g/mol. The summed E-state index contributed by atoms with van der Waals surface area (Å²) in [7, 11) is 0. The quantitative estimate of drug-likeness (QED) is 0.362. The number of benzene rings is 1. The number of nitrogens with two attached hydrogens (primary N) is 1. The molecule has 0 aliphatic carbocycles. The lowest BCUT2D eigenvalue weighted by Gasteiger charge is -2.17. The molecule has 6 N–H and O–H groups in total. The first-order chi connectivity index (χ1) is 11.4. The van der Waals surface area contributed by atoms with E-state index in [1.807, 2.05) is 0 Å². The van der Waals surface area contributed by atoms with E-state index in [0.29, 0.717) is 24.2 Å². The van der Waals surface area contributed by atoms with Crippen molar-refractivity contribution in [2.75, 3.05) is 18.0 Å². The first kappa shape index (κ1) is 17.3. The molecule has 1 saturated heterocycles. The van der Waals surface area contributed by atoms with Crippen LogP contribution in [0.25, 0.3) is 0 Å². The minimum absolute atomic E-state index is 0.00169. The van der Waals surface area contributed by atoms with Crippen LogP contribution in [0.4, 0.5) is 10.5 Å². The first-order valence-corrected chi connectivity index (χ1v) is 7.40. The molecule has 0 spiro atoms. The van der Waals surface area contributed by atoms with Gasteiger partial charge in [0.15, 0.2) is 0 Å². The van der Waals surface area contributed by atoms with E-state index in [-0.39, 0.29) is 24.7 Å². The van der Waals surface area contributed by atoms with Gasteiger partial charge in [0.05, 0.1) is 6.42 Å². The van der Waals surface area contributed by atoms with E-state index in [1.165, 1.54) is 0 Å². The van der Waals surface area contributed by atoms with Crippen LogP contribution in [0, 0.1) is 5.41 Å². The molecular formula is C15H19N5O4. The molecule has 1 aliphatic rings. The Hall–Kier alpha value is -3.10. The lowest BCUT2D eigenvalue weighted by molar-refractivity contribution is -0.136. The van der Waals surface area contributed by atoms with Crippen molar-refractivity contribution >= 4 is 29.4 Å². The average Bonchev–Trinajstić information content (AvgIpc) is 2.88. The van der Waals surface area contributed by atoms with E-state index in [4.69, 9.17) is 16.2 Å². The first-order valence-electron chi connectivity index (χ1n) is 7.40. The van der Waals surface area contributed by atoms with Crippen LogP contribution in [-0.2, 0) is 9.59 Å². The fraction of sp³-hybridized carbons (Fsp3) is 0.333. The lowest BCUT2D eigenvalue weighted by atomic mass is 10.2. The van der Waals surface area contributed by atoms with Gasteiger partial charge in [-0.05, 0) is 30.7 Å². The van der Waals surface area contributed by atoms with Gasteiger partial charge in [0.25, 0.3) is 0 Å². The molecule has 9 heteroatoms. The van der Waals surface area contributed by atoms with Crippen molar-refractivity contribution in [2.24, 2.45) is 5.73 Å². The minimum atomic E-state index is -1.01. The van der Waals surface area contributed by atoms with Crippen LogP contribution in [0.3, 0.4) is 0 Å². The van der Waals surface area contributed by atoms with Crippen LogP contribution in [0.1, 0.15) is 18.4 Å². The molecule has 1 atom stereocenters. The molecule has 0 bridgehead atoms. The second-order valence-corrected chi connectivity index (χ2v) is 5.34. The molecule has 0 unspecified atom stereocenters. The second-order valence-electron chi connectivity index (χ2n) is 5.34. The number of nitrogens with zero attached hydrogens (tertiary/aromatic N) is 1. The molecule has 0 radical (unpaired) electrons. The average molecular weight is 333 g/mol. The Morgan fingerprint density at radius 1 is 1.33 bits per heavy atom. The monoisotopic (exact) mass is 333 g/mol. The van der Waals surface area contributed by atoms with Crippen molar-refractivity contribution in [3.05, 3.63) is 29.8 Å². The van der Waals surface area contributed by atoms with E-state index in [1.54, 1.807) is 29.2 Å². The number of aliphatic carboxylic acids is 1. The zero-order valence-electron chi connectivity index (χ0n) is 12.9. The Morgan fingerprint density at radius 2 is 2.00 bits per heavy atom. The number of nitrogen functional groups attached to an aromatic ring is 1. The van der Waals surface area contributed by atoms with Crippen molar-refractivity contribution in [3.8, 4) is 0 Å². The molecule has 2 rings (SSSR count). The number of anilines is 1. The van der Waals surface area contributed by atoms with Gasteiger partial charge in [-0.15, -0.1) is 0 Å². The summed E-state index contributed by atoms with van der Waals surface area (Å²) in [5.41, 5.74) is 6.63. The summed E-state index contributed by atoms with van der Waals surface area (Å²) in [5, 5.41) is 20.8. The Bertz CT molecular complexity index is 658. The van der Waals surface area contributed by atoms with Crippen LogP contribution in [0.5, 0.6) is 0 Å². The standard InChI is InChI=1S/C15H19N5O4/c16-13(17)9-1-3-10(4-2-9)20-8-6-11(14(20)23)19-15(24)18-7-5-12(21)22/h1-4,11H,5-8H2,(H3,16,17)(H,21,22)(H2,18,19,24)/t11-/m0/s1. The predicted molar refractivity (Wildman–Crippen MR) is 87.0 cm³/mol. The van der Waals surface area contributed by atoms with Crippen molar-refractivity contribution in [3.63, 3.8) is 0 Å². The van der Waals surface area contributed by atoms with Gasteiger partial charge in [-0.1, -0.05) is 0 Å². The maximum atomic E-state index is 12.4. The normalized spacial score (nSPS) is 16.8. The Morgan fingerprint density at radius 3 is 2.58 bits per heavy atom. The Kier molecular flexibility index (Phi) is 5.35. The highest BCUT2D eigenvalue weighted by molar-refractivity contribution is 6.02. The summed E-state index contributed by atoms with van der Waals surface area (Å²) < 4.78 is 0. The molecule has 1 aromatic carbocycles. The van der Waals surface area contributed by atoms with Crippen molar-refractivity contribution in [2.45, 2.75) is 18.9 Å². The third-order valence-electron chi connectivity index (χ3n) is 3.63. The van der Waals surface area contributed by atoms with E-state index in [0.717, 1.165) is 0 Å². The van der Waals surface area contributed by atoms with Crippen molar-refractivity contribution in [1.82, 2.24) is 10.6 Å². The largest absolute Gasteiger partial charge is 0.481 e. The zero-order chi connectivity index (χ0) is 17.7. The number of amides is 3. The van der Waals surface area contributed by atoms with Gasteiger partial charge in [-0.2, -0.15) is 0 Å². The maximum Gasteiger partial charge on any atom is 0.315 e. The van der Waals surface area contributed by atoms with E-state index >= 15 is 0 Å². The number of nitrogens with one attached hydrogen (secondary N) is 3. The van der Waals surface area contributed by atoms with Crippen molar-refractivity contribution in [1.29, 1.82) is 5.41 Å². The summed E-state index contributed by atoms with van der Waals surface area (Å²) in [6, 6.07) is 5.49. The lowest BCUT2D eigenvalue weighted by Crippen LogP contribution is -2.46. The van der Waals surface area contributed by atoms with Gasteiger partial charge in [-0.3, -0.25) is 15.0 Å². The van der Waals surface area contributed by atoms with E-state index in [9.17, 15) is 14.4 Å². The topological polar surface area (TPSA) is 149 Å². The van der Waals surface area contributed by atoms with Crippen molar-refractivity contribution < 1.29 is 19.5 Å². The third-order valence-corrected chi connectivity index (χ3v) is 3.63. The van der Waals surface area contributed by atoms with Crippen LogP contribution in [0.2, 0.25) is 0 Å². The molecule has 3 amide bonds. The van der Waals surface area contributed by atoms with E-state index in [2.05, 4.69) is 10.6 Å². The smallest absolute Gasteiger partial charge is 0.315 e. The molecule has 0 aromatic heterocycles. The fourth-order valence-corrected chi connectivity index (χ4v) is 2.38. The summed E-state index contributed by atoms with van der Waals surface area (Å²) in [5.74, 6) is -1.29.